The second-order valence-corrected chi connectivity index (χ2v) is 12.9. The fourth-order valence-electron chi connectivity index (χ4n) is 6.83. The number of ketones is 1. The molecule has 0 radical (unpaired) electrons. The number of guanidine groups is 1. The summed E-state index contributed by atoms with van der Waals surface area (Å²) in [4.78, 5) is 69.8. The summed E-state index contributed by atoms with van der Waals surface area (Å²) in [6.45, 7) is 1.70. The van der Waals surface area contributed by atoms with Gasteiger partial charge < -0.3 is 29.0 Å². The van der Waals surface area contributed by atoms with Gasteiger partial charge in [-0.2, -0.15) is 0 Å². The van der Waals surface area contributed by atoms with E-state index in [1.807, 2.05) is 24.3 Å². The number of carbonyl (C=O) groups is 5. The lowest BCUT2D eigenvalue weighted by Crippen LogP contribution is -2.58. The lowest BCUT2D eigenvalue weighted by molar-refractivity contribution is -0.154. The van der Waals surface area contributed by atoms with Crippen molar-refractivity contribution in [2.24, 2.45) is 4.99 Å². The Balaban J connectivity index is 0.972. The molecule has 5 atom stereocenters. The molecule has 15 heteroatoms. The van der Waals surface area contributed by atoms with Crippen molar-refractivity contribution in [3.05, 3.63) is 59.7 Å². The number of aliphatic hydroxyl groups is 1. The zero-order valence-electron chi connectivity index (χ0n) is 28.0. The van der Waals surface area contributed by atoms with Crippen LogP contribution < -0.4 is 16.0 Å². The Hall–Kier alpha value is -4.70. The SMILES string of the molecule is CC(=O)CCC(=O)OC1C[C@H](N2CNC3C(=O)NC(NC(=O)CCCN(C)C(=O)OCC4c5ccccc5-c5ccccc54)=NC32)O[C@@H]1CO. The van der Waals surface area contributed by atoms with Crippen LogP contribution in [0.4, 0.5) is 4.79 Å². The van der Waals surface area contributed by atoms with Gasteiger partial charge in [-0.25, -0.2) is 14.7 Å². The van der Waals surface area contributed by atoms with Crippen LogP contribution in [0.2, 0.25) is 0 Å². The number of ether oxygens (including phenoxy) is 3. The summed E-state index contributed by atoms with van der Waals surface area (Å²) in [5, 5.41) is 18.2. The number of fused-ring (bicyclic) bond motifs is 4. The van der Waals surface area contributed by atoms with Gasteiger partial charge in [-0.15, -0.1) is 0 Å². The average molecular weight is 691 g/mol. The molecule has 2 saturated heterocycles. The number of rotatable bonds is 12. The molecule has 4 N–H and O–H groups in total. The van der Waals surface area contributed by atoms with Crippen molar-refractivity contribution in [1.82, 2.24) is 25.8 Å². The number of amides is 3. The number of nitrogens with zero attached hydrogens (tertiary/aromatic N) is 3. The van der Waals surface area contributed by atoms with E-state index >= 15 is 0 Å². The van der Waals surface area contributed by atoms with Crippen molar-refractivity contribution in [2.45, 2.75) is 75.6 Å². The van der Waals surface area contributed by atoms with E-state index in [9.17, 15) is 29.1 Å². The molecule has 0 spiro atoms. The number of nitrogens with one attached hydrogen (secondary N) is 3. The highest BCUT2D eigenvalue weighted by Crippen LogP contribution is 2.44. The number of aliphatic hydroxyl groups excluding tert-OH is 1. The van der Waals surface area contributed by atoms with Gasteiger partial charge >= 0.3 is 12.1 Å². The molecule has 3 amide bonds. The van der Waals surface area contributed by atoms with Crippen LogP contribution in [0.1, 0.15) is 56.1 Å². The first-order chi connectivity index (χ1) is 24.1. The van der Waals surface area contributed by atoms with E-state index in [-0.39, 0.29) is 69.1 Å². The molecule has 0 aromatic heterocycles. The number of Topliss-reactive ketones (excluding diaryl/α,β-unsaturated/α-hetero) is 1. The first-order valence-electron chi connectivity index (χ1n) is 16.8. The fourth-order valence-corrected chi connectivity index (χ4v) is 6.83. The fraction of sp³-hybridized carbons (Fsp3) is 0.486. The van der Waals surface area contributed by atoms with E-state index in [0.29, 0.717) is 6.42 Å². The number of esters is 1. The summed E-state index contributed by atoms with van der Waals surface area (Å²) in [6.07, 6.45) is -2.75. The van der Waals surface area contributed by atoms with Gasteiger partial charge in [0.15, 0.2) is 0 Å². The Morgan fingerprint density at radius 3 is 2.44 bits per heavy atom. The van der Waals surface area contributed by atoms with Crippen LogP contribution >= 0.6 is 0 Å². The Bertz CT molecular complexity index is 1620. The maximum atomic E-state index is 12.9. The first kappa shape index (κ1) is 35.1. The van der Waals surface area contributed by atoms with Crippen LogP contribution in [-0.4, -0.2) is 115 Å². The van der Waals surface area contributed by atoms with E-state index in [4.69, 9.17) is 14.2 Å². The zero-order chi connectivity index (χ0) is 35.4. The molecule has 6 rings (SSSR count). The second kappa shape index (κ2) is 15.5. The van der Waals surface area contributed by atoms with Crippen molar-refractivity contribution in [1.29, 1.82) is 0 Å². The predicted molar refractivity (Wildman–Crippen MR) is 178 cm³/mol. The number of hydrogen-bond acceptors (Lipinski definition) is 12. The minimum Gasteiger partial charge on any atom is -0.459 e. The smallest absolute Gasteiger partial charge is 0.409 e. The number of aliphatic imine (C=N–C) groups is 1. The van der Waals surface area contributed by atoms with Crippen molar-refractivity contribution in [2.75, 3.05) is 33.5 Å². The topological polar surface area (TPSA) is 188 Å². The van der Waals surface area contributed by atoms with Crippen molar-refractivity contribution < 1.29 is 43.3 Å². The predicted octanol–water partition coefficient (Wildman–Crippen LogP) is 1.20. The molecule has 0 saturated carbocycles. The molecule has 3 heterocycles. The quantitative estimate of drug-likeness (QED) is 0.234. The third-order valence-electron chi connectivity index (χ3n) is 9.41. The van der Waals surface area contributed by atoms with Crippen LogP contribution in [0.15, 0.2) is 53.5 Å². The number of carbonyl (C=O) groups excluding carboxylic acids is 5. The van der Waals surface area contributed by atoms with E-state index in [0.717, 1.165) is 22.3 Å². The van der Waals surface area contributed by atoms with Gasteiger partial charge in [-0.1, -0.05) is 48.5 Å². The van der Waals surface area contributed by atoms with Gasteiger partial charge in [0.2, 0.25) is 17.8 Å². The Morgan fingerprint density at radius 2 is 1.76 bits per heavy atom. The second-order valence-electron chi connectivity index (χ2n) is 12.9. The van der Waals surface area contributed by atoms with E-state index in [1.165, 1.54) is 11.8 Å². The lowest BCUT2D eigenvalue weighted by Gasteiger charge is -2.31. The van der Waals surface area contributed by atoms with Gasteiger partial charge in [0.25, 0.3) is 0 Å². The molecule has 2 aromatic rings. The van der Waals surface area contributed by atoms with Crippen LogP contribution in [0.25, 0.3) is 11.1 Å². The summed E-state index contributed by atoms with van der Waals surface area (Å²) in [6, 6.07) is 15.5. The number of benzene rings is 2. The van der Waals surface area contributed by atoms with Crippen LogP contribution in [0, 0.1) is 0 Å². The molecule has 3 unspecified atom stereocenters. The lowest BCUT2D eigenvalue weighted by atomic mass is 9.98. The highest BCUT2D eigenvalue weighted by molar-refractivity contribution is 6.07. The molecule has 3 aliphatic heterocycles. The molecule has 1 aliphatic carbocycles. The summed E-state index contributed by atoms with van der Waals surface area (Å²) >= 11 is 0. The average Bonchev–Trinajstić information content (AvgIpc) is 3.80. The van der Waals surface area contributed by atoms with Crippen molar-refractivity contribution in [3.8, 4) is 11.1 Å². The zero-order valence-corrected chi connectivity index (χ0v) is 28.0. The molecule has 2 fully saturated rings. The van der Waals surface area contributed by atoms with Crippen LogP contribution in [-0.2, 0) is 33.4 Å². The maximum absolute atomic E-state index is 12.9. The molecule has 50 heavy (non-hydrogen) atoms. The van der Waals surface area contributed by atoms with E-state index in [1.54, 1.807) is 11.9 Å². The highest BCUT2D eigenvalue weighted by atomic mass is 16.6. The van der Waals surface area contributed by atoms with E-state index in [2.05, 4.69) is 45.2 Å². The van der Waals surface area contributed by atoms with Crippen LogP contribution in [0.3, 0.4) is 0 Å². The third-order valence-corrected chi connectivity index (χ3v) is 9.41. The summed E-state index contributed by atoms with van der Waals surface area (Å²) < 4.78 is 17.1. The minimum absolute atomic E-state index is 0.0104. The van der Waals surface area contributed by atoms with Gasteiger partial charge in [-0.3, -0.25) is 30.3 Å². The number of hydrogen-bond donors (Lipinski definition) is 4. The summed E-state index contributed by atoms with van der Waals surface area (Å²) in [7, 11) is 1.62. The van der Waals surface area contributed by atoms with Gasteiger partial charge in [-0.05, 0) is 35.6 Å². The van der Waals surface area contributed by atoms with Crippen molar-refractivity contribution in [3.63, 3.8) is 0 Å². The molecule has 266 valence electrons. The highest BCUT2D eigenvalue weighted by Gasteiger charge is 2.49. The summed E-state index contributed by atoms with van der Waals surface area (Å²) in [5.41, 5.74) is 4.54. The molecule has 2 aromatic carbocycles. The van der Waals surface area contributed by atoms with Crippen molar-refractivity contribution >= 4 is 35.6 Å². The Kier molecular flexibility index (Phi) is 10.9. The van der Waals surface area contributed by atoms with Gasteiger partial charge in [0.1, 0.15) is 43.0 Å². The molecular formula is C35H42N6O9. The maximum Gasteiger partial charge on any atom is 0.409 e. The van der Waals surface area contributed by atoms with Gasteiger partial charge in [0.05, 0.1) is 19.7 Å². The first-order valence-corrected chi connectivity index (χ1v) is 16.8. The largest absolute Gasteiger partial charge is 0.459 e. The monoisotopic (exact) mass is 690 g/mol. The third kappa shape index (κ3) is 7.70. The standard InChI is InChI=1S/C35H42N6O9/c1-20(43)13-14-30(45)50-26-16-29(49-27(26)17-42)41-19-36-31-32(41)38-34(39-33(31)46)37-28(44)12-7-15-40(2)35(47)48-18-25-23-10-5-3-8-21(23)22-9-4-6-11-24(22)25/h3-6,8-11,25-27,29,31-32,36,42H,7,12-19H2,1-2H3,(H2,37,38,39,44,46)/t26?,27-,29-,31?,32?/m1/s1. The molecule has 0 bridgehead atoms. The van der Waals surface area contributed by atoms with Gasteiger partial charge in [0, 0.05) is 38.8 Å². The minimum atomic E-state index is -0.785. The van der Waals surface area contributed by atoms with E-state index < -0.39 is 55.2 Å². The molecule has 4 aliphatic rings. The Morgan fingerprint density at radius 1 is 1.06 bits per heavy atom. The van der Waals surface area contributed by atoms with Crippen LogP contribution in [0.5, 0.6) is 0 Å². The normalized spacial score (nSPS) is 24.0. The molecule has 15 nitrogen and oxygen atoms in total. The molecular weight excluding hydrogens is 648 g/mol. The Labute approximate surface area is 289 Å². The summed E-state index contributed by atoms with van der Waals surface area (Å²) in [5.74, 6) is -1.54.